The average Bonchev–Trinajstić information content (AvgIpc) is 2.63. The topological polar surface area (TPSA) is 54.9 Å². The van der Waals surface area contributed by atoms with Crippen LogP contribution in [0.5, 0.6) is 11.5 Å². The van der Waals surface area contributed by atoms with Crippen LogP contribution >= 0.6 is 24.0 Å². The minimum Gasteiger partial charge on any atom is -0.493 e. The van der Waals surface area contributed by atoms with Gasteiger partial charge in [0, 0.05) is 25.3 Å². The number of halogens is 1. The first kappa shape index (κ1) is 22.1. The first-order valence-corrected chi connectivity index (χ1v) is 8.51. The van der Waals surface area contributed by atoms with Gasteiger partial charge in [-0.1, -0.05) is 24.3 Å². The molecule has 0 unspecified atom stereocenters. The predicted octanol–water partition coefficient (Wildman–Crippen LogP) is 4.25. The van der Waals surface area contributed by atoms with Crippen LogP contribution in [0, 0.1) is 6.92 Å². The molecule has 2 N–H and O–H groups in total. The smallest absolute Gasteiger partial charge is 0.195 e. The Balaban J connectivity index is 0.00000338. The first-order chi connectivity index (χ1) is 12.2. The maximum atomic E-state index is 5.54. The molecule has 0 saturated carbocycles. The van der Waals surface area contributed by atoms with E-state index in [0.29, 0.717) is 12.4 Å². The number of ether oxygens (including phenoxy) is 2. The molecule has 0 bridgehead atoms. The van der Waals surface area contributed by atoms with Gasteiger partial charge < -0.3 is 20.1 Å². The summed E-state index contributed by atoms with van der Waals surface area (Å²) in [5.74, 6) is 2.15. The third kappa shape index (κ3) is 6.40. The van der Waals surface area contributed by atoms with Gasteiger partial charge in [-0.15, -0.1) is 24.0 Å². The number of nitrogens with zero attached hydrogens (tertiary/aromatic N) is 1. The molecule has 0 saturated heterocycles. The van der Waals surface area contributed by atoms with Crippen molar-refractivity contribution >= 4 is 35.6 Å². The van der Waals surface area contributed by atoms with Gasteiger partial charge in [-0.05, 0) is 43.5 Å². The quantitative estimate of drug-likeness (QED) is 0.362. The standard InChI is InChI=1S/C20H27N3O2.HI/c1-5-25-18-11-10-17(14-19(18)24-4)23-20(21-3)22-13-12-16-9-7-6-8-15(16)2;/h6-11,14H,5,12-13H2,1-4H3,(H2,21,22,23);1H. The summed E-state index contributed by atoms with van der Waals surface area (Å²) in [5, 5.41) is 6.61. The zero-order valence-electron chi connectivity index (χ0n) is 15.8. The molecule has 0 spiro atoms. The summed E-state index contributed by atoms with van der Waals surface area (Å²) in [4.78, 5) is 4.27. The molecular weight excluding hydrogens is 441 g/mol. The van der Waals surface area contributed by atoms with E-state index in [0.717, 1.165) is 30.4 Å². The van der Waals surface area contributed by atoms with E-state index < -0.39 is 0 Å². The Labute approximate surface area is 173 Å². The Morgan fingerprint density at radius 2 is 1.88 bits per heavy atom. The van der Waals surface area contributed by atoms with Gasteiger partial charge in [0.25, 0.3) is 0 Å². The molecule has 2 aromatic carbocycles. The maximum absolute atomic E-state index is 5.54. The van der Waals surface area contributed by atoms with Crippen molar-refractivity contribution in [3.05, 3.63) is 53.6 Å². The number of aryl methyl sites for hydroxylation is 1. The van der Waals surface area contributed by atoms with Gasteiger partial charge >= 0.3 is 0 Å². The van der Waals surface area contributed by atoms with Crippen LogP contribution in [0.25, 0.3) is 0 Å². The molecule has 0 aliphatic carbocycles. The summed E-state index contributed by atoms with van der Waals surface area (Å²) in [6.07, 6.45) is 0.944. The highest BCUT2D eigenvalue weighted by Crippen LogP contribution is 2.30. The number of rotatable bonds is 7. The zero-order chi connectivity index (χ0) is 18.1. The SMILES string of the molecule is CCOc1ccc(NC(=NC)NCCc2ccccc2C)cc1OC.I. The molecule has 0 aliphatic heterocycles. The van der Waals surface area contributed by atoms with Crippen molar-refractivity contribution in [1.29, 1.82) is 0 Å². The molecule has 0 heterocycles. The van der Waals surface area contributed by atoms with Crippen LogP contribution in [0.2, 0.25) is 0 Å². The van der Waals surface area contributed by atoms with E-state index in [-0.39, 0.29) is 24.0 Å². The number of hydrogen-bond acceptors (Lipinski definition) is 3. The second-order valence-electron chi connectivity index (χ2n) is 5.60. The van der Waals surface area contributed by atoms with E-state index >= 15 is 0 Å². The summed E-state index contributed by atoms with van der Waals surface area (Å²) in [6.45, 7) is 5.49. The van der Waals surface area contributed by atoms with Crippen molar-refractivity contribution in [3.63, 3.8) is 0 Å². The maximum Gasteiger partial charge on any atom is 0.195 e. The second-order valence-corrected chi connectivity index (χ2v) is 5.60. The molecule has 0 aromatic heterocycles. The lowest BCUT2D eigenvalue weighted by molar-refractivity contribution is 0.311. The summed E-state index contributed by atoms with van der Waals surface area (Å²) in [6, 6.07) is 14.2. The summed E-state index contributed by atoms with van der Waals surface area (Å²) in [5.41, 5.74) is 3.54. The lowest BCUT2D eigenvalue weighted by Crippen LogP contribution is -2.32. The van der Waals surface area contributed by atoms with Gasteiger partial charge in [-0.3, -0.25) is 4.99 Å². The number of anilines is 1. The van der Waals surface area contributed by atoms with Crippen LogP contribution in [0.3, 0.4) is 0 Å². The largest absolute Gasteiger partial charge is 0.493 e. The van der Waals surface area contributed by atoms with Crippen molar-refractivity contribution in [2.45, 2.75) is 20.3 Å². The van der Waals surface area contributed by atoms with Gasteiger partial charge in [0.15, 0.2) is 17.5 Å². The number of nitrogens with one attached hydrogen (secondary N) is 2. The Kier molecular flexibility index (Phi) is 9.87. The molecule has 0 radical (unpaired) electrons. The Bertz CT molecular complexity index is 720. The molecule has 0 aliphatic rings. The third-order valence-electron chi connectivity index (χ3n) is 3.90. The fourth-order valence-corrected chi connectivity index (χ4v) is 2.54. The molecular formula is C20H28IN3O2. The lowest BCUT2D eigenvalue weighted by atomic mass is 10.1. The van der Waals surface area contributed by atoms with Gasteiger partial charge in [-0.25, -0.2) is 0 Å². The van der Waals surface area contributed by atoms with Crippen LogP contribution in [0.1, 0.15) is 18.1 Å². The third-order valence-corrected chi connectivity index (χ3v) is 3.90. The molecule has 0 atom stereocenters. The van der Waals surface area contributed by atoms with Crippen LogP contribution in [-0.2, 0) is 6.42 Å². The van der Waals surface area contributed by atoms with E-state index in [9.17, 15) is 0 Å². The highest BCUT2D eigenvalue weighted by atomic mass is 127. The van der Waals surface area contributed by atoms with Crippen molar-refractivity contribution < 1.29 is 9.47 Å². The molecule has 0 amide bonds. The Morgan fingerprint density at radius 1 is 1.12 bits per heavy atom. The van der Waals surface area contributed by atoms with Gasteiger partial charge in [0.05, 0.1) is 13.7 Å². The fraction of sp³-hybridized carbons (Fsp3) is 0.350. The number of methoxy groups -OCH3 is 1. The number of hydrogen-bond donors (Lipinski definition) is 2. The Morgan fingerprint density at radius 3 is 2.54 bits per heavy atom. The molecule has 6 heteroatoms. The fourth-order valence-electron chi connectivity index (χ4n) is 2.54. The number of guanidine groups is 1. The molecule has 26 heavy (non-hydrogen) atoms. The summed E-state index contributed by atoms with van der Waals surface area (Å²) in [7, 11) is 3.39. The van der Waals surface area contributed by atoms with E-state index in [2.05, 4.69) is 46.8 Å². The van der Waals surface area contributed by atoms with Crippen molar-refractivity contribution in [2.75, 3.05) is 32.6 Å². The van der Waals surface area contributed by atoms with Crippen molar-refractivity contribution in [2.24, 2.45) is 4.99 Å². The van der Waals surface area contributed by atoms with E-state index in [4.69, 9.17) is 9.47 Å². The minimum atomic E-state index is 0. The average molecular weight is 469 g/mol. The summed E-state index contributed by atoms with van der Waals surface area (Å²) < 4.78 is 10.9. The van der Waals surface area contributed by atoms with Crippen molar-refractivity contribution in [1.82, 2.24) is 5.32 Å². The van der Waals surface area contributed by atoms with E-state index in [1.165, 1.54) is 11.1 Å². The monoisotopic (exact) mass is 469 g/mol. The highest BCUT2D eigenvalue weighted by Gasteiger charge is 2.07. The zero-order valence-corrected chi connectivity index (χ0v) is 18.2. The molecule has 2 aromatic rings. The molecule has 0 fully saturated rings. The Hall–Kier alpha value is -1.96. The van der Waals surface area contributed by atoms with Crippen LogP contribution in [0.15, 0.2) is 47.5 Å². The molecule has 2 rings (SSSR count). The molecule has 142 valence electrons. The van der Waals surface area contributed by atoms with Gasteiger partial charge in [-0.2, -0.15) is 0 Å². The first-order valence-electron chi connectivity index (χ1n) is 8.51. The molecule has 5 nitrogen and oxygen atoms in total. The van der Waals surface area contributed by atoms with E-state index in [1.54, 1.807) is 14.2 Å². The van der Waals surface area contributed by atoms with Crippen LogP contribution < -0.4 is 20.1 Å². The minimum absolute atomic E-state index is 0. The van der Waals surface area contributed by atoms with Crippen LogP contribution in [0.4, 0.5) is 5.69 Å². The van der Waals surface area contributed by atoms with Gasteiger partial charge in [0.1, 0.15) is 0 Å². The van der Waals surface area contributed by atoms with Crippen molar-refractivity contribution in [3.8, 4) is 11.5 Å². The second kappa shape index (κ2) is 11.6. The van der Waals surface area contributed by atoms with Gasteiger partial charge in [0.2, 0.25) is 0 Å². The van der Waals surface area contributed by atoms with Crippen LogP contribution in [-0.4, -0.2) is 33.3 Å². The van der Waals surface area contributed by atoms with E-state index in [1.807, 2.05) is 25.1 Å². The highest BCUT2D eigenvalue weighted by molar-refractivity contribution is 14.0. The predicted molar refractivity (Wildman–Crippen MR) is 119 cm³/mol. The summed E-state index contributed by atoms with van der Waals surface area (Å²) >= 11 is 0. The normalized spacial score (nSPS) is 10.7. The number of aliphatic imine (C=N–C) groups is 1. The lowest BCUT2D eigenvalue weighted by Gasteiger charge is -2.15. The number of benzene rings is 2.